The summed E-state index contributed by atoms with van der Waals surface area (Å²) in [6.45, 7) is 1.22. The van der Waals surface area contributed by atoms with Gasteiger partial charge in [0.05, 0.1) is 11.9 Å². The summed E-state index contributed by atoms with van der Waals surface area (Å²) in [6.07, 6.45) is 5.16. The third-order valence-electron chi connectivity index (χ3n) is 7.46. The first-order valence-electron chi connectivity index (χ1n) is 13.6. The first-order valence-corrected chi connectivity index (χ1v) is 16.2. The van der Waals surface area contributed by atoms with Gasteiger partial charge in [0.1, 0.15) is 12.6 Å². The maximum absolute atomic E-state index is 14.2. The molecule has 1 atom stereocenters. The van der Waals surface area contributed by atoms with Crippen LogP contribution in [-0.2, 0) is 32.6 Å². The molecule has 1 fully saturated rings. The lowest BCUT2D eigenvalue weighted by Crippen LogP contribution is -2.54. The summed E-state index contributed by atoms with van der Waals surface area (Å²) >= 11 is 12.8. The summed E-state index contributed by atoms with van der Waals surface area (Å²) in [4.78, 5) is 29.6. The van der Waals surface area contributed by atoms with Crippen molar-refractivity contribution in [2.45, 2.75) is 57.7 Å². The third kappa shape index (κ3) is 8.03. The van der Waals surface area contributed by atoms with Gasteiger partial charge >= 0.3 is 0 Å². The Bertz CT molecular complexity index is 1480. The van der Waals surface area contributed by atoms with E-state index in [0.717, 1.165) is 41.8 Å². The molecule has 10 heteroatoms. The van der Waals surface area contributed by atoms with Crippen LogP contribution in [0.1, 0.15) is 42.4 Å². The van der Waals surface area contributed by atoms with Gasteiger partial charge in [-0.05, 0) is 54.7 Å². The second kappa shape index (κ2) is 13.7. The van der Waals surface area contributed by atoms with E-state index in [1.54, 1.807) is 43.3 Å². The van der Waals surface area contributed by atoms with Crippen molar-refractivity contribution in [1.82, 2.24) is 10.2 Å². The van der Waals surface area contributed by atoms with Gasteiger partial charge in [-0.3, -0.25) is 13.9 Å². The molecule has 4 rings (SSSR count). The summed E-state index contributed by atoms with van der Waals surface area (Å²) in [5, 5.41) is 3.99. The maximum Gasteiger partial charge on any atom is 0.244 e. The highest BCUT2D eigenvalue weighted by Gasteiger charge is 2.34. The van der Waals surface area contributed by atoms with Gasteiger partial charge in [-0.15, -0.1) is 0 Å². The Kier molecular flexibility index (Phi) is 10.3. The summed E-state index contributed by atoms with van der Waals surface area (Å²) in [7, 11) is -3.89. The maximum atomic E-state index is 14.2. The van der Waals surface area contributed by atoms with Crippen LogP contribution in [0, 0.1) is 6.92 Å². The van der Waals surface area contributed by atoms with Crippen LogP contribution in [0.15, 0.2) is 72.8 Å². The average molecular weight is 617 g/mol. The Morgan fingerprint density at radius 2 is 1.56 bits per heavy atom. The predicted molar refractivity (Wildman–Crippen MR) is 165 cm³/mol. The summed E-state index contributed by atoms with van der Waals surface area (Å²) in [6, 6.07) is 20.7. The largest absolute Gasteiger partial charge is 0.352 e. The van der Waals surface area contributed by atoms with E-state index >= 15 is 0 Å². The average Bonchev–Trinajstić information content (AvgIpc) is 3.45. The second-order valence-corrected chi connectivity index (χ2v) is 13.2. The van der Waals surface area contributed by atoms with Gasteiger partial charge in [-0.25, -0.2) is 8.42 Å². The fraction of sp³-hybridized carbons (Fsp3) is 0.355. The number of rotatable bonds is 11. The molecule has 0 radical (unpaired) electrons. The van der Waals surface area contributed by atoms with Crippen molar-refractivity contribution < 1.29 is 18.0 Å². The molecule has 3 aromatic rings. The number of carbonyl (C=O) groups is 2. The molecule has 1 saturated carbocycles. The van der Waals surface area contributed by atoms with Crippen molar-refractivity contribution in [3.8, 4) is 0 Å². The zero-order chi connectivity index (χ0) is 29.6. The Morgan fingerprint density at radius 1 is 0.927 bits per heavy atom. The number of carbonyl (C=O) groups excluding carboxylic acids is 2. The van der Waals surface area contributed by atoms with Crippen molar-refractivity contribution in [2.24, 2.45) is 0 Å². The molecule has 2 amide bonds. The molecule has 0 aromatic heterocycles. The van der Waals surface area contributed by atoms with Crippen molar-refractivity contribution in [2.75, 3.05) is 17.1 Å². The topological polar surface area (TPSA) is 86.8 Å². The number of anilines is 1. The van der Waals surface area contributed by atoms with Crippen LogP contribution in [0.25, 0.3) is 0 Å². The highest BCUT2D eigenvalue weighted by Crippen LogP contribution is 2.29. The Labute approximate surface area is 252 Å². The van der Waals surface area contributed by atoms with E-state index in [9.17, 15) is 18.0 Å². The predicted octanol–water partition coefficient (Wildman–Crippen LogP) is 5.77. The van der Waals surface area contributed by atoms with Gasteiger partial charge in [-0.1, -0.05) is 90.6 Å². The number of amides is 2. The molecular formula is C31H35Cl2N3O4S. The van der Waals surface area contributed by atoms with Gasteiger partial charge in [0, 0.05) is 29.1 Å². The molecule has 1 aliphatic rings. The van der Waals surface area contributed by atoms with E-state index in [-0.39, 0.29) is 24.9 Å². The van der Waals surface area contributed by atoms with Gasteiger partial charge in [0.15, 0.2) is 0 Å². The van der Waals surface area contributed by atoms with E-state index < -0.39 is 28.5 Å². The van der Waals surface area contributed by atoms with Crippen LogP contribution in [0.2, 0.25) is 10.0 Å². The lowest BCUT2D eigenvalue weighted by Gasteiger charge is -2.34. The van der Waals surface area contributed by atoms with Crippen LogP contribution < -0.4 is 9.62 Å². The van der Waals surface area contributed by atoms with Gasteiger partial charge in [-0.2, -0.15) is 0 Å². The minimum atomic E-state index is -3.89. The highest BCUT2D eigenvalue weighted by atomic mass is 35.5. The van der Waals surface area contributed by atoms with Crippen molar-refractivity contribution in [1.29, 1.82) is 0 Å². The SMILES string of the molecule is Cc1c(Cl)cccc1N(CC(=O)N(Cc1ccccc1Cl)[C@@H](Cc1ccccc1)C(=O)NC1CCCC1)S(C)(=O)=O. The molecule has 3 aromatic carbocycles. The van der Waals surface area contributed by atoms with Gasteiger partial charge in [0.25, 0.3) is 0 Å². The molecule has 0 unspecified atom stereocenters. The molecule has 0 bridgehead atoms. The number of hydrogen-bond donors (Lipinski definition) is 1. The third-order valence-corrected chi connectivity index (χ3v) is 9.36. The van der Waals surface area contributed by atoms with Crippen molar-refractivity contribution >= 4 is 50.7 Å². The van der Waals surface area contributed by atoms with Crippen molar-refractivity contribution in [3.63, 3.8) is 0 Å². The van der Waals surface area contributed by atoms with Crippen LogP contribution in [-0.4, -0.2) is 50.0 Å². The van der Waals surface area contributed by atoms with Crippen molar-refractivity contribution in [3.05, 3.63) is 99.5 Å². The first-order chi connectivity index (χ1) is 19.5. The van der Waals surface area contributed by atoms with E-state index in [1.807, 2.05) is 36.4 Å². The van der Waals surface area contributed by atoms with Crippen LogP contribution in [0.5, 0.6) is 0 Å². The molecule has 7 nitrogen and oxygen atoms in total. The summed E-state index contributed by atoms with van der Waals surface area (Å²) in [5.41, 5.74) is 2.37. The number of nitrogens with one attached hydrogen (secondary N) is 1. The van der Waals surface area contributed by atoms with E-state index in [4.69, 9.17) is 23.2 Å². The standard InChI is InChI=1S/C31H35Cl2N3O4S/c1-22-26(32)17-10-18-28(22)36(41(2,39)40)21-30(37)35(20-24-13-6-9-16-27(24)33)29(19-23-11-4-3-5-12-23)31(38)34-25-14-7-8-15-25/h3-6,9-13,16-18,25,29H,7-8,14-15,19-21H2,1-2H3,(H,34,38)/t29-/m0/s1. The summed E-state index contributed by atoms with van der Waals surface area (Å²) < 4.78 is 27.1. The molecule has 0 saturated heterocycles. The minimum Gasteiger partial charge on any atom is -0.352 e. The number of sulfonamides is 1. The lowest BCUT2D eigenvalue weighted by molar-refractivity contribution is -0.140. The number of halogens is 2. The quantitative estimate of drug-likeness (QED) is 0.297. The van der Waals surface area contributed by atoms with E-state index in [0.29, 0.717) is 26.9 Å². The van der Waals surface area contributed by atoms with E-state index in [1.165, 1.54) is 4.90 Å². The fourth-order valence-corrected chi connectivity index (χ4v) is 6.46. The molecule has 1 N–H and O–H groups in total. The Balaban J connectivity index is 1.75. The molecule has 41 heavy (non-hydrogen) atoms. The Hall–Kier alpha value is -3.07. The number of nitrogens with zero attached hydrogens (tertiary/aromatic N) is 2. The lowest BCUT2D eigenvalue weighted by atomic mass is 10.0. The molecule has 0 heterocycles. The van der Waals surface area contributed by atoms with Crippen LogP contribution in [0.4, 0.5) is 5.69 Å². The zero-order valence-corrected chi connectivity index (χ0v) is 25.6. The van der Waals surface area contributed by atoms with Gasteiger partial charge in [0.2, 0.25) is 21.8 Å². The summed E-state index contributed by atoms with van der Waals surface area (Å²) in [5.74, 6) is -0.803. The molecule has 1 aliphatic carbocycles. The highest BCUT2D eigenvalue weighted by molar-refractivity contribution is 7.92. The monoisotopic (exact) mass is 615 g/mol. The molecule has 0 aliphatic heterocycles. The minimum absolute atomic E-state index is 0.0280. The number of benzene rings is 3. The fourth-order valence-electron chi connectivity index (χ4n) is 5.19. The second-order valence-electron chi connectivity index (χ2n) is 10.5. The van der Waals surface area contributed by atoms with Crippen LogP contribution >= 0.6 is 23.2 Å². The normalized spacial score (nSPS) is 14.4. The van der Waals surface area contributed by atoms with Crippen LogP contribution in [0.3, 0.4) is 0 Å². The van der Waals surface area contributed by atoms with Gasteiger partial charge < -0.3 is 10.2 Å². The molecule has 218 valence electrons. The number of hydrogen-bond acceptors (Lipinski definition) is 4. The Morgan fingerprint density at radius 3 is 2.22 bits per heavy atom. The first kappa shape index (κ1) is 30.9. The van der Waals surface area contributed by atoms with E-state index in [2.05, 4.69) is 5.32 Å². The molecular weight excluding hydrogens is 581 g/mol. The smallest absolute Gasteiger partial charge is 0.244 e. The molecule has 0 spiro atoms. The zero-order valence-electron chi connectivity index (χ0n) is 23.2.